The third-order valence-electron chi connectivity index (χ3n) is 4.82. The topological polar surface area (TPSA) is 79.1 Å². The lowest BCUT2D eigenvalue weighted by Crippen LogP contribution is -2.24. The number of H-pyrrole nitrogens is 1. The molecule has 2 aromatic carbocycles. The molecule has 4 rings (SSSR count). The van der Waals surface area contributed by atoms with Crippen molar-refractivity contribution in [3.63, 3.8) is 0 Å². The van der Waals surface area contributed by atoms with Crippen molar-refractivity contribution in [3.8, 4) is 0 Å². The molecule has 136 valence electrons. The van der Waals surface area contributed by atoms with Crippen molar-refractivity contribution < 1.29 is 0 Å². The molecule has 6 heteroatoms. The highest BCUT2D eigenvalue weighted by atomic mass is 127. The molecule has 0 aliphatic heterocycles. The summed E-state index contributed by atoms with van der Waals surface area (Å²) in [6.45, 7) is 2.49. The predicted molar refractivity (Wildman–Crippen MR) is 118 cm³/mol. The van der Waals surface area contributed by atoms with Crippen molar-refractivity contribution in [2.24, 2.45) is 10.7 Å². The fourth-order valence-electron chi connectivity index (χ4n) is 3.54. The number of rotatable bonds is 3. The molecular weight excluding hydrogens is 437 g/mol. The number of guanidine groups is 1. The first-order valence-corrected chi connectivity index (χ1v) is 8.82. The van der Waals surface area contributed by atoms with Crippen molar-refractivity contribution in [1.29, 1.82) is 0 Å². The highest BCUT2D eigenvalue weighted by Gasteiger charge is 2.13. The third kappa shape index (κ3) is 3.85. The minimum absolute atomic E-state index is 0. The molecule has 4 N–H and O–H groups in total. The van der Waals surface area contributed by atoms with E-state index in [1.807, 2.05) is 12.1 Å². The van der Waals surface area contributed by atoms with Gasteiger partial charge in [-0.15, -0.1) is 24.0 Å². The Morgan fingerprint density at radius 1 is 1.19 bits per heavy atom. The lowest BCUT2D eigenvalue weighted by molar-refractivity contribution is 0.687. The van der Waals surface area contributed by atoms with E-state index in [9.17, 15) is 0 Å². The monoisotopic (exact) mass is 461 g/mol. The normalized spacial score (nSPS) is 14.0. The summed E-state index contributed by atoms with van der Waals surface area (Å²) >= 11 is 0. The Hall–Kier alpha value is -2.09. The number of anilines is 1. The average molecular weight is 461 g/mol. The van der Waals surface area contributed by atoms with E-state index in [1.165, 1.54) is 24.0 Å². The zero-order valence-corrected chi connectivity index (χ0v) is 17.2. The van der Waals surface area contributed by atoms with Gasteiger partial charge in [-0.1, -0.05) is 24.3 Å². The highest BCUT2D eigenvalue weighted by Crippen LogP contribution is 2.27. The number of nitrogens with zero attached hydrogens (tertiary/aromatic N) is 2. The number of nitrogens with two attached hydrogens (primary N) is 1. The van der Waals surface area contributed by atoms with Gasteiger partial charge < -0.3 is 16.0 Å². The van der Waals surface area contributed by atoms with E-state index < -0.39 is 0 Å². The Bertz CT molecular complexity index is 945. The van der Waals surface area contributed by atoms with Crippen LogP contribution in [0.4, 0.5) is 5.69 Å². The van der Waals surface area contributed by atoms with Crippen LogP contribution < -0.4 is 11.1 Å². The van der Waals surface area contributed by atoms with Gasteiger partial charge in [0.1, 0.15) is 12.4 Å². The zero-order chi connectivity index (χ0) is 17.2. The minimum atomic E-state index is 0. The molecule has 3 aromatic rings. The molecule has 0 saturated carbocycles. The maximum absolute atomic E-state index is 6.11. The number of aryl methyl sites for hydroxylation is 2. The molecule has 26 heavy (non-hydrogen) atoms. The summed E-state index contributed by atoms with van der Waals surface area (Å²) in [6.07, 6.45) is 4.77. The Balaban J connectivity index is 0.00000196. The number of imidazole rings is 1. The highest BCUT2D eigenvalue weighted by molar-refractivity contribution is 14.0. The summed E-state index contributed by atoms with van der Waals surface area (Å²) in [5.74, 6) is 1.25. The van der Waals surface area contributed by atoms with Crippen LogP contribution in [0.25, 0.3) is 11.0 Å². The van der Waals surface area contributed by atoms with Gasteiger partial charge in [0.05, 0.1) is 11.0 Å². The second kappa shape index (κ2) is 8.07. The Kier molecular flexibility index (Phi) is 5.80. The van der Waals surface area contributed by atoms with E-state index in [0.29, 0.717) is 12.5 Å². The molecule has 0 fully saturated rings. The van der Waals surface area contributed by atoms with Gasteiger partial charge in [-0.2, -0.15) is 0 Å². The number of hydrogen-bond donors (Lipinski definition) is 3. The number of fused-ring (bicyclic) bond motifs is 2. The Morgan fingerprint density at radius 2 is 2.00 bits per heavy atom. The van der Waals surface area contributed by atoms with Crippen LogP contribution in [-0.2, 0) is 19.4 Å². The molecule has 5 nitrogen and oxygen atoms in total. The van der Waals surface area contributed by atoms with Gasteiger partial charge in [0, 0.05) is 5.69 Å². The van der Waals surface area contributed by atoms with Crippen molar-refractivity contribution in [2.45, 2.75) is 39.2 Å². The molecule has 0 radical (unpaired) electrons. The maximum atomic E-state index is 6.11. The van der Waals surface area contributed by atoms with E-state index >= 15 is 0 Å². The number of para-hydroxylation sites is 1. The van der Waals surface area contributed by atoms with Crippen molar-refractivity contribution in [2.75, 3.05) is 5.32 Å². The zero-order valence-electron chi connectivity index (χ0n) is 14.9. The first-order chi connectivity index (χ1) is 12.2. The van der Waals surface area contributed by atoms with E-state index in [2.05, 4.69) is 51.5 Å². The van der Waals surface area contributed by atoms with Crippen molar-refractivity contribution in [3.05, 3.63) is 58.9 Å². The summed E-state index contributed by atoms with van der Waals surface area (Å²) < 4.78 is 0. The molecule has 0 spiro atoms. The Morgan fingerprint density at radius 3 is 2.85 bits per heavy atom. The summed E-state index contributed by atoms with van der Waals surface area (Å²) in [5.41, 5.74) is 13.2. The number of aromatic nitrogens is 2. The van der Waals surface area contributed by atoms with Gasteiger partial charge >= 0.3 is 0 Å². The van der Waals surface area contributed by atoms with E-state index in [4.69, 9.17) is 5.73 Å². The number of aliphatic imine (C=N–C) groups is 1. The summed E-state index contributed by atoms with van der Waals surface area (Å²) in [5, 5.41) is 3.27. The molecule has 0 bridgehead atoms. The lowest BCUT2D eigenvalue weighted by atomic mass is 9.90. The second-order valence-corrected chi connectivity index (χ2v) is 6.63. The maximum Gasteiger partial charge on any atom is 0.193 e. The summed E-state index contributed by atoms with van der Waals surface area (Å²) in [4.78, 5) is 12.4. The third-order valence-corrected chi connectivity index (χ3v) is 4.82. The number of benzene rings is 2. The summed E-state index contributed by atoms with van der Waals surface area (Å²) in [7, 11) is 0. The van der Waals surface area contributed by atoms with Crippen LogP contribution in [0.15, 0.2) is 41.4 Å². The largest absolute Gasteiger partial charge is 0.370 e. The number of hydrogen-bond acceptors (Lipinski definition) is 2. The number of halogens is 1. The van der Waals surface area contributed by atoms with Crippen molar-refractivity contribution in [1.82, 2.24) is 9.97 Å². The van der Waals surface area contributed by atoms with Gasteiger partial charge in [0.15, 0.2) is 5.96 Å². The van der Waals surface area contributed by atoms with Crippen LogP contribution in [0.5, 0.6) is 0 Å². The van der Waals surface area contributed by atoms with Crippen molar-refractivity contribution >= 4 is 46.7 Å². The molecule has 1 heterocycles. The van der Waals surface area contributed by atoms with E-state index in [1.54, 1.807) is 0 Å². The molecule has 0 saturated heterocycles. The van der Waals surface area contributed by atoms with Crippen LogP contribution in [0.1, 0.15) is 35.4 Å². The minimum Gasteiger partial charge on any atom is -0.370 e. The van der Waals surface area contributed by atoms with Crippen LogP contribution in [0, 0.1) is 6.92 Å². The molecule has 1 aromatic heterocycles. The number of nitrogens with one attached hydrogen (secondary N) is 2. The fourth-order valence-corrected chi connectivity index (χ4v) is 3.54. The first kappa shape index (κ1) is 18.7. The van der Waals surface area contributed by atoms with Gasteiger partial charge in [0.2, 0.25) is 0 Å². The lowest BCUT2D eigenvalue weighted by Gasteiger charge is -2.19. The van der Waals surface area contributed by atoms with Gasteiger partial charge in [-0.25, -0.2) is 9.98 Å². The quantitative estimate of drug-likeness (QED) is 0.309. The first-order valence-electron chi connectivity index (χ1n) is 8.82. The van der Waals surface area contributed by atoms with Gasteiger partial charge in [0.25, 0.3) is 0 Å². The van der Waals surface area contributed by atoms with Crippen LogP contribution in [-0.4, -0.2) is 15.9 Å². The predicted octanol–water partition coefficient (Wildman–Crippen LogP) is 4.29. The van der Waals surface area contributed by atoms with E-state index in [0.717, 1.165) is 41.0 Å². The average Bonchev–Trinajstić information content (AvgIpc) is 3.05. The second-order valence-electron chi connectivity index (χ2n) is 6.63. The SMILES string of the molecule is Cc1cccc2[nH]c(CN=C(N)Nc3cccc4c3CCCC4)nc12.I. The number of aromatic amines is 1. The van der Waals surface area contributed by atoms with E-state index in [-0.39, 0.29) is 24.0 Å². The van der Waals surface area contributed by atoms with Crippen LogP contribution in [0.3, 0.4) is 0 Å². The standard InChI is InChI=1S/C20H23N5.HI/c1-13-6-4-11-17-19(13)25-18(23-17)12-22-20(21)24-16-10-5-8-14-7-2-3-9-15(14)16;/h4-6,8,10-11H,2-3,7,9,12H2,1H3,(H,23,25)(H3,21,22,24);1H. The molecule has 1 aliphatic rings. The van der Waals surface area contributed by atoms with Crippen LogP contribution >= 0.6 is 24.0 Å². The fraction of sp³-hybridized carbons (Fsp3) is 0.300. The summed E-state index contributed by atoms with van der Waals surface area (Å²) in [6, 6.07) is 12.5. The van der Waals surface area contributed by atoms with Crippen LogP contribution in [0.2, 0.25) is 0 Å². The molecule has 0 amide bonds. The van der Waals surface area contributed by atoms with Gasteiger partial charge in [-0.05, 0) is 61.4 Å². The van der Waals surface area contributed by atoms with Gasteiger partial charge in [-0.3, -0.25) is 0 Å². The molecular formula is C20H24IN5. The molecule has 1 aliphatic carbocycles. The smallest absolute Gasteiger partial charge is 0.193 e. The molecule has 0 atom stereocenters. The molecule has 0 unspecified atom stereocenters. The Labute approximate surface area is 170 Å².